The molecule has 6 nitrogen and oxygen atoms in total. The third-order valence-electron chi connectivity index (χ3n) is 4.11. The van der Waals surface area contributed by atoms with E-state index in [4.69, 9.17) is 5.73 Å². The molecular weight excluding hydrogens is 304 g/mol. The third-order valence-corrected chi connectivity index (χ3v) is 4.11. The second-order valence-corrected chi connectivity index (χ2v) is 5.53. The topological polar surface area (TPSA) is 78.7 Å². The Bertz CT molecular complexity index is 338. The molecule has 0 spiro atoms. The van der Waals surface area contributed by atoms with Crippen molar-refractivity contribution in [2.75, 3.05) is 39.3 Å². The van der Waals surface area contributed by atoms with Gasteiger partial charge in [0.2, 0.25) is 11.8 Å². The molecule has 1 heterocycles. The Labute approximate surface area is 140 Å². The number of likely N-dealkylation sites (tertiary alicyclic amines) is 1. The van der Waals surface area contributed by atoms with E-state index in [1.807, 2.05) is 18.7 Å². The van der Waals surface area contributed by atoms with Crippen molar-refractivity contribution >= 4 is 24.2 Å². The van der Waals surface area contributed by atoms with Crippen LogP contribution in [0.3, 0.4) is 0 Å². The molecule has 0 aromatic heterocycles. The normalized spacial score (nSPS) is 18.4. The van der Waals surface area contributed by atoms with Crippen LogP contribution in [-0.2, 0) is 9.59 Å². The molecule has 2 amide bonds. The zero-order chi connectivity index (χ0) is 15.7. The van der Waals surface area contributed by atoms with Gasteiger partial charge in [-0.3, -0.25) is 14.5 Å². The molecule has 7 heteroatoms. The molecule has 1 unspecified atom stereocenters. The van der Waals surface area contributed by atoms with Crippen LogP contribution in [0, 0.1) is 0 Å². The molecule has 0 aromatic rings. The van der Waals surface area contributed by atoms with E-state index in [2.05, 4.69) is 10.2 Å². The summed E-state index contributed by atoms with van der Waals surface area (Å²) in [5.41, 5.74) is 5.37. The number of halogens is 1. The molecule has 0 bridgehead atoms. The number of amides is 2. The molecule has 0 aromatic carbocycles. The maximum Gasteiger partial charge on any atom is 0.236 e. The lowest BCUT2D eigenvalue weighted by Crippen LogP contribution is -2.50. The predicted molar refractivity (Wildman–Crippen MR) is 91.1 cm³/mol. The molecule has 1 aliphatic rings. The number of likely N-dealkylation sites (N-methyl/N-ethyl adjacent to an activating group) is 1. The van der Waals surface area contributed by atoms with Gasteiger partial charge in [-0.1, -0.05) is 6.42 Å². The largest absolute Gasteiger partial charge is 0.354 e. The zero-order valence-corrected chi connectivity index (χ0v) is 14.7. The van der Waals surface area contributed by atoms with Crippen LogP contribution in [0.15, 0.2) is 0 Å². The summed E-state index contributed by atoms with van der Waals surface area (Å²) in [6.45, 7) is 7.89. The molecule has 1 rings (SSSR count). The summed E-state index contributed by atoms with van der Waals surface area (Å²) in [5.74, 6) is 0.179. The average Bonchev–Trinajstić information content (AvgIpc) is 2.48. The van der Waals surface area contributed by atoms with Gasteiger partial charge in [-0.15, -0.1) is 12.4 Å². The number of nitrogens with two attached hydrogens (primary N) is 1. The Balaban J connectivity index is 0.00000441. The molecule has 3 N–H and O–H groups in total. The van der Waals surface area contributed by atoms with Crippen molar-refractivity contribution in [2.45, 2.75) is 45.6 Å². The summed E-state index contributed by atoms with van der Waals surface area (Å²) in [6.07, 6.45) is 3.69. The SMILES string of the molecule is CCN(CC)C(=O)CN1CCCCC1CNC(=O)CCN.Cl. The highest BCUT2D eigenvalue weighted by molar-refractivity contribution is 5.85. The first kappa shape index (κ1) is 21.1. The Kier molecular flexibility index (Phi) is 11.2. The van der Waals surface area contributed by atoms with Crippen LogP contribution in [0.2, 0.25) is 0 Å². The summed E-state index contributed by atoms with van der Waals surface area (Å²) < 4.78 is 0. The monoisotopic (exact) mass is 334 g/mol. The lowest BCUT2D eigenvalue weighted by molar-refractivity contribution is -0.133. The lowest BCUT2D eigenvalue weighted by Gasteiger charge is -2.36. The molecule has 1 fully saturated rings. The smallest absolute Gasteiger partial charge is 0.236 e. The van der Waals surface area contributed by atoms with Crippen LogP contribution in [0.5, 0.6) is 0 Å². The van der Waals surface area contributed by atoms with Crippen molar-refractivity contribution in [2.24, 2.45) is 5.73 Å². The van der Waals surface area contributed by atoms with Gasteiger partial charge in [-0.2, -0.15) is 0 Å². The molecule has 0 aliphatic carbocycles. The van der Waals surface area contributed by atoms with Gasteiger partial charge in [0, 0.05) is 38.6 Å². The third kappa shape index (κ3) is 6.94. The van der Waals surface area contributed by atoms with Gasteiger partial charge < -0.3 is 16.0 Å². The fraction of sp³-hybridized carbons (Fsp3) is 0.867. The van der Waals surface area contributed by atoms with Gasteiger partial charge >= 0.3 is 0 Å². The summed E-state index contributed by atoms with van der Waals surface area (Å²) in [6, 6.07) is 0.264. The Hall–Kier alpha value is -0.850. The minimum Gasteiger partial charge on any atom is -0.354 e. The molecule has 1 saturated heterocycles. The number of hydrogen-bond donors (Lipinski definition) is 2. The highest BCUT2D eigenvalue weighted by atomic mass is 35.5. The maximum absolute atomic E-state index is 12.2. The van der Waals surface area contributed by atoms with Gasteiger partial charge in [0.15, 0.2) is 0 Å². The van der Waals surface area contributed by atoms with Crippen molar-refractivity contribution in [3.63, 3.8) is 0 Å². The molecule has 0 radical (unpaired) electrons. The first-order valence-corrected chi connectivity index (χ1v) is 8.10. The summed E-state index contributed by atoms with van der Waals surface area (Å²) in [4.78, 5) is 27.8. The van der Waals surface area contributed by atoms with Crippen LogP contribution in [-0.4, -0.2) is 66.9 Å². The molecule has 0 saturated carbocycles. The van der Waals surface area contributed by atoms with Gasteiger partial charge in [0.1, 0.15) is 0 Å². The zero-order valence-electron chi connectivity index (χ0n) is 13.8. The number of rotatable bonds is 8. The standard InChI is InChI=1S/C15H30N4O2.ClH/c1-3-18(4-2)15(21)12-19-10-6-5-7-13(19)11-17-14(20)8-9-16;/h13H,3-12,16H2,1-2H3,(H,17,20);1H. The molecule has 22 heavy (non-hydrogen) atoms. The van der Waals surface area contributed by atoms with Crippen molar-refractivity contribution < 1.29 is 9.59 Å². The van der Waals surface area contributed by atoms with E-state index >= 15 is 0 Å². The second-order valence-electron chi connectivity index (χ2n) is 5.53. The highest BCUT2D eigenvalue weighted by Gasteiger charge is 2.25. The van der Waals surface area contributed by atoms with Crippen LogP contribution < -0.4 is 11.1 Å². The minimum absolute atomic E-state index is 0. The fourth-order valence-electron chi connectivity index (χ4n) is 2.80. The Morgan fingerprint density at radius 3 is 2.55 bits per heavy atom. The van der Waals surface area contributed by atoms with E-state index in [1.54, 1.807) is 0 Å². The van der Waals surface area contributed by atoms with Crippen molar-refractivity contribution in [1.82, 2.24) is 15.1 Å². The van der Waals surface area contributed by atoms with Gasteiger partial charge in [-0.05, 0) is 33.2 Å². The minimum atomic E-state index is -0.00177. The quantitative estimate of drug-likeness (QED) is 0.681. The van der Waals surface area contributed by atoms with Crippen LogP contribution in [0.25, 0.3) is 0 Å². The van der Waals surface area contributed by atoms with Crippen LogP contribution in [0.4, 0.5) is 0 Å². The van der Waals surface area contributed by atoms with E-state index in [0.29, 0.717) is 26.1 Å². The molecule has 1 aliphatic heterocycles. The second kappa shape index (κ2) is 11.7. The van der Waals surface area contributed by atoms with Gasteiger partial charge in [-0.25, -0.2) is 0 Å². The molecule has 1 atom stereocenters. The lowest BCUT2D eigenvalue weighted by atomic mass is 10.0. The van der Waals surface area contributed by atoms with Crippen LogP contribution >= 0.6 is 12.4 Å². The van der Waals surface area contributed by atoms with E-state index in [-0.39, 0.29) is 30.3 Å². The number of carbonyl (C=O) groups is 2. The number of piperidine rings is 1. The van der Waals surface area contributed by atoms with Gasteiger partial charge in [0.25, 0.3) is 0 Å². The van der Waals surface area contributed by atoms with Crippen molar-refractivity contribution in [3.05, 3.63) is 0 Å². The predicted octanol–water partition coefficient (Wildman–Crippen LogP) is 0.596. The first-order valence-electron chi connectivity index (χ1n) is 8.10. The molecule has 130 valence electrons. The maximum atomic E-state index is 12.2. The molecular formula is C15H31ClN4O2. The van der Waals surface area contributed by atoms with E-state index < -0.39 is 0 Å². The number of carbonyl (C=O) groups excluding carboxylic acids is 2. The average molecular weight is 335 g/mol. The highest BCUT2D eigenvalue weighted by Crippen LogP contribution is 2.16. The fourth-order valence-corrected chi connectivity index (χ4v) is 2.80. The van der Waals surface area contributed by atoms with Crippen molar-refractivity contribution in [3.8, 4) is 0 Å². The Morgan fingerprint density at radius 1 is 1.27 bits per heavy atom. The van der Waals surface area contributed by atoms with Gasteiger partial charge in [0.05, 0.1) is 6.54 Å². The first-order chi connectivity index (χ1) is 10.1. The van der Waals surface area contributed by atoms with Crippen molar-refractivity contribution in [1.29, 1.82) is 0 Å². The summed E-state index contributed by atoms with van der Waals surface area (Å²) in [5, 5.41) is 2.93. The van der Waals surface area contributed by atoms with E-state index in [1.165, 1.54) is 0 Å². The van der Waals surface area contributed by atoms with E-state index in [0.717, 1.165) is 38.9 Å². The summed E-state index contributed by atoms with van der Waals surface area (Å²) in [7, 11) is 0. The van der Waals surface area contributed by atoms with Crippen LogP contribution in [0.1, 0.15) is 39.5 Å². The summed E-state index contributed by atoms with van der Waals surface area (Å²) >= 11 is 0. The Morgan fingerprint density at radius 2 is 1.95 bits per heavy atom. The van der Waals surface area contributed by atoms with E-state index in [9.17, 15) is 9.59 Å². The number of nitrogens with one attached hydrogen (secondary N) is 1. The number of nitrogens with zero attached hydrogens (tertiary/aromatic N) is 2. The number of hydrogen-bond acceptors (Lipinski definition) is 4.